The molecule has 60 valence electrons. The maximum atomic E-state index is 3.40. The zero-order chi connectivity index (χ0) is 8.10. The molecule has 1 aromatic rings. The molecule has 0 aliphatic heterocycles. The van der Waals surface area contributed by atoms with E-state index < -0.39 is 0 Å². The number of hydrogen-bond donors (Lipinski definition) is 1. The molecule has 1 nitrogen and oxygen atoms in total. The van der Waals surface area contributed by atoms with E-state index in [4.69, 9.17) is 0 Å². The Morgan fingerprint density at radius 2 is 2.55 bits per heavy atom. The first kappa shape index (κ1) is 8.97. The van der Waals surface area contributed by atoms with Crippen molar-refractivity contribution in [3.05, 3.63) is 26.9 Å². The summed E-state index contributed by atoms with van der Waals surface area (Å²) in [6.45, 7) is 0.926. The van der Waals surface area contributed by atoms with E-state index in [1.165, 1.54) is 4.88 Å². The molecule has 1 rings (SSSR count). The number of likely N-dealkylation sites (N-methyl/N-ethyl adjacent to an activating group) is 1. The van der Waals surface area contributed by atoms with Gasteiger partial charge in [-0.2, -0.15) is 0 Å². The lowest BCUT2D eigenvalue weighted by atomic mass is 10.4. The molecule has 0 spiro atoms. The van der Waals surface area contributed by atoms with Crippen LogP contribution in [0.1, 0.15) is 4.88 Å². The van der Waals surface area contributed by atoms with Crippen LogP contribution in [0.15, 0.2) is 22.0 Å². The summed E-state index contributed by atoms with van der Waals surface area (Å²) in [5.74, 6) is 0. The fourth-order valence-electron chi connectivity index (χ4n) is 0.709. The quantitative estimate of drug-likeness (QED) is 0.844. The zero-order valence-corrected chi connectivity index (χ0v) is 8.71. The predicted octanol–water partition coefficient (Wildman–Crippen LogP) is 2.74. The van der Waals surface area contributed by atoms with Crippen molar-refractivity contribution in [3.8, 4) is 0 Å². The van der Waals surface area contributed by atoms with Crippen LogP contribution in [-0.2, 0) is 0 Å². The van der Waals surface area contributed by atoms with Crippen molar-refractivity contribution in [1.29, 1.82) is 0 Å². The highest BCUT2D eigenvalue weighted by Gasteiger charge is 1.90. The third-order valence-electron chi connectivity index (χ3n) is 1.19. The minimum atomic E-state index is 0.926. The minimum Gasteiger partial charge on any atom is -0.316 e. The Labute approximate surface area is 79.3 Å². The average molecular weight is 232 g/mol. The molecule has 0 aliphatic rings. The lowest BCUT2D eigenvalue weighted by Crippen LogP contribution is -2.03. The summed E-state index contributed by atoms with van der Waals surface area (Å²) in [5, 5.41) is 5.13. The van der Waals surface area contributed by atoms with Gasteiger partial charge in [0.2, 0.25) is 0 Å². The molecule has 0 radical (unpaired) electrons. The number of thiophene rings is 1. The van der Waals surface area contributed by atoms with Gasteiger partial charge < -0.3 is 5.32 Å². The molecule has 0 saturated heterocycles. The van der Waals surface area contributed by atoms with Gasteiger partial charge in [-0.15, -0.1) is 11.3 Å². The molecule has 0 fully saturated rings. The van der Waals surface area contributed by atoms with Gasteiger partial charge in [-0.1, -0.05) is 6.08 Å². The molecule has 1 aromatic heterocycles. The molecule has 0 amide bonds. The standard InChI is InChI=1S/C8H10BrNS/c1-10-4-2-3-8-5-7(9)6-11-8/h2-3,5-6,10H,4H2,1H3. The number of rotatable bonds is 3. The van der Waals surface area contributed by atoms with E-state index in [1.54, 1.807) is 11.3 Å². The predicted molar refractivity (Wildman–Crippen MR) is 55.0 cm³/mol. The van der Waals surface area contributed by atoms with Crippen molar-refractivity contribution in [1.82, 2.24) is 5.32 Å². The third kappa shape index (κ3) is 3.18. The van der Waals surface area contributed by atoms with E-state index in [1.807, 2.05) is 7.05 Å². The molecule has 1 N–H and O–H groups in total. The van der Waals surface area contributed by atoms with E-state index in [9.17, 15) is 0 Å². The lowest BCUT2D eigenvalue weighted by Gasteiger charge is -1.86. The lowest BCUT2D eigenvalue weighted by molar-refractivity contribution is 0.922. The van der Waals surface area contributed by atoms with Crippen LogP contribution >= 0.6 is 27.3 Å². The monoisotopic (exact) mass is 231 g/mol. The number of nitrogens with one attached hydrogen (secondary N) is 1. The molecule has 1 heterocycles. The van der Waals surface area contributed by atoms with Crippen LogP contribution in [0, 0.1) is 0 Å². The second-order valence-electron chi connectivity index (χ2n) is 2.13. The fourth-order valence-corrected chi connectivity index (χ4v) is 2.07. The second kappa shape index (κ2) is 4.70. The molecule has 11 heavy (non-hydrogen) atoms. The molecule has 0 atom stereocenters. The van der Waals surface area contributed by atoms with Crippen molar-refractivity contribution >= 4 is 33.3 Å². The highest BCUT2D eigenvalue weighted by molar-refractivity contribution is 9.10. The summed E-state index contributed by atoms with van der Waals surface area (Å²) in [4.78, 5) is 1.28. The van der Waals surface area contributed by atoms with Gasteiger partial charge in [-0.25, -0.2) is 0 Å². The van der Waals surface area contributed by atoms with Gasteiger partial charge in [0.05, 0.1) is 0 Å². The first-order valence-electron chi connectivity index (χ1n) is 3.38. The molecular weight excluding hydrogens is 222 g/mol. The molecule has 3 heteroatoms. The summed E-state index contributed by atoms with van der Waals surface area (Å²) in [6, 6.07) is 2.11. The Kier molecular flexibility index (Phi) is 3.83. The topological polar surface area (TPSA) is 12.0 Å². The van der Waals surface area contributed by atoms with E-state index in [2.05, 4.69) is 44.8 Å². The minimum absolute atomic E-state index is 0.926. The fraction of sp³-hybridized carbons (Fsp3) is 0.250. The SMILES string of the molecule is CNCC=Cc1cc(Br)cs1. The van der Waals surface area contributed by atoms with Gasteiger partial charge in [0.25, 0.3) is 0 Å². The van der Waals surface area contributed by atoms with Crippen LogP contribution in [0.3, 0.4) is 0 Å². The van der Waals surface area contributed by atoms with Crippen molar-refractivity contribution in [2.45, 2.75) is 0 Å². The van der Waals surface area contributed by atoms with Crippen molar-refractivity contribution < 1.29 is 0 Å². The van der Waals surface area contributed by atoms with Gasteiger partial charge in [-0.05, 0) is 35.1 Å². The van der Waals surface area contributed by atoms with Gasteiger partial charge in [0.15, 0.2) is 0 Å². The number of hydrogen-bond acceptors (Lipinski definition) is 2. The highest BCUT2D eigenvalue weighted by atomic mass is 79.9. The maximum Gasteiger partial charge on any atom is 0.0288 e. The van der Waals surface area contributed by atoms with Crippen LogP contribution in [-0.4, -0.2) is 13.6 Å². The van der Waals surface area contributed by atoms with Gasteiger partial charge in [0.1, 0.15) is 0 Å². The van der Waals surface area contributed by atoms with Crippen LogP contribution in [0.5, 0.6) is 0 Å². The van der Waals surface area contributed by atoms with Crippen LogP contribution < -0.4 is 5.32 Å². The highest BCUT2D eigenvalue weighted by Crippen LogP contribution is 2.20. The van der Waals surface area contributed by atoms with Gasteiger partial charge in [-0.3, -0.25) is 0 Å². The molecular formula is C8H10BrNS. The number of halogens is 1. The maximum absolute atomic E-state index is 3.40. The second-order valence-corrected chi connectivity index (χ2v) is 3.99. The summed E-state index contributed by atoms with van der Waals surface area (Å²) < 4.78 is 1.16. The molecule has 0 aromatic carbocycles. The van der Waals surface area contributed by atoms with Crippen molar-refractivity contribution in [2.75, 3.05) is 13.6 Å². The summed E-state index contributed by atoms with van der Waals surface area (Å²) in [5.41, 5.74) is 0. The normalized spacial score (nSPS) is 11.1. The van der Waals surface area contributed by atoms with Crippen LogP contribution in [0.4, 0.5) is 0 Å². The first-order valence-corrected chi connectivity index (χ1v) is 5.05. The van der Waals surface area contributed by atoms with E-state index in [0.29, 0.717) is 0 Å². The van der Waals surface area contributed by atoms with E-state index in [0.717, 1.165) is 11.0 Å². The Balaban J connectivity index is 2.50. The summed E-state index contributed by atoms with van der Waals surface area (Å²) in [6.07, 6.45) is 4.23. The van der Waals surface area contributed by atoms with Gasteiger partial charge in [0, 0.05) is 21.3 Å². The largest absolute Gasteiger partial charge is 0.316 e. The smallest absolute Gasteiger partial charge is 0.0288 e. The molecule has 0 unspecified atom stereocenters. The Morgan fingerprint density at radius 1 is 1.73 bits per heavy atom. The Morgan fingerprint density at radius 3 is 3.09 bits per heavy atom. The summed E-state index contributed by atoms with van der Waals surface area (Å²) in [7, 11) is 1.94. The Bertz CT molecular complexity index is 242. The van der Waals surface area contributed by atoms with Gasteiger partial charge >= 0.3 is 0 Å². The molecule has 0 bridgehead atoms. The van der Waals surface area contributed by atoms with E-state index >= 15 is 0 Å². The van der Waals surface area contributed by atoms with Crippen LogP contribution in [0.25, 0.3) is 6.08 Å². The summed E-state index contributed by atoms with van der Waals surface area (Å²) >= 11 is 5.14. The third-order valence-corrected chi connectivity index (χ3v) is 2.85. The van der Waals surface area contributed by atoms with E-state index in [-0.39, 0.29) is 0 Å². The first-order chi connectivity index (χ1) is 5.33. The molecule has 0 saturated carbocycles. The zero-order valence-electron chi connectivity index (χ0n) is 6.30. The van der Waals surface area contributed by atoms with Crippen molar-refractivity contribution in [2.24, 2.45) is 0 Å². The molecule has 0 aliphatic carbocycles. The van der Waals surface area contributed by atoms with Crippen molar-refractivity contribution in [3.63, 3.8) is 0 Å². The average Bonchev–Trinajstić information content (AvgIpc) is 2.37. The van der Waals surface area contributed by atoms with Crippen LogP contribution in [0.2, 0.25) is 0 Å². The Hall–Kier alpha value is -0.120.